The lowest BCUT2D eigenvalue weighted by molar-refractivity contribution is -0.0494. The molecule has 1 aliphatic heterocycles. The average molecular weight is 325 g/mol. The maximum atomic E-state index is 9.49. The highest BCUT2D eigenvalue weighted by Gasteiger charge is 2.52. The number of nitrogens with zero attached hydrogens (tertiary/aromatic N) is 4. The van der Waals surface area contributed by atoms with Crippen molar-refractivity contribution in [1.82, 2.24) is 15.0 Å². The Morgan fingerprint density at radius 1 is 1.25 bits per heavy atom. The first kappa shape index (κ1) is 14.8. The van der Waals surface area contributed by atoms with E-state index in [4.69, 9.17) is 11.1 Å². The fourth-order valence-corrected chi connectivity index (χ4v) is 3.51. The highest BCUT2D eigenvalue weighted by Crippen LogP contribution is 2.49. The lowest BCUT2D eigenvalue weighted by Gasteiger charge is -2.58. The fraction of sp³-hybridized carbons (Fsp3) is 0.375. The van der Waals surface area contributed by atoms with E-state index in [1.807, 2.05) is 6.07 Å². The molecular formula is C16H19N7O. The number of rotatable bonds is 4. The monoisotopic (exact) mass is 325 g/mol. The molecular weight excluding hydrogens is 306 g/mol. The van der Waals surface area contributed by atoms with Gasteiger partial charge in [-0.05, 0) is 12.8 Å². The molecule has 8 heteroatoms. The largest absolute Gasteiger partial charge is 0.398 e. The predicted molar refractivity (Wildman–Crippen MR) is 91.7 cm³/mol. The zero-order valence-corrected chi connectivity index (χ0v) is 13.1. The van der Waals surface area contributed by atoms with Gasteiger partial charge in [0.1, 0.15) is 23.8 Å². The number of nitrogen functional groups attached to an aromatic ring is 1. The third-order valence-corrected chi connectivity index (χ3v) is 4.75. The van der Waals surface area contributed by atoms with Crippen LogP contribution in [0.15, 0.2) is 24.7 Å². The summed E-state index contributed by atoms with van der Waals surface area (Å²) in [5, 5.41) is 19.8. The minimum Gasteiger partial charge on any atom is -0.398 e. The Bertz CT molecular complexity index is 780. The van der Waals surface area contributed by atoms with Crippen molar-refractivity contribution in [3.8, 4) is 0 Å². The van der Waals surface area contributed by atoms with E-state index in [-0.39, 0.29) is 11.5 Å². The number of aromatic nitrogens is 3. The minimum absolute atomic E-state index is 0.129. The van der Waals surface area contributed by atoms with Gasteiger partial charge in [0.2, 0.25) is 0 Å². The van der Waals surface area contributed by atoms with Gasteiger partial charge in [0, 0.05) is 54.3 Å². The Morgan fingerprint density at radius 2 is 2.00 bits per heavy atom. The first-order chi connectivity index (χ1) is 11.6. The van der Waals surface area contributed by atoms with E-state index < -0.39 is 0 Å². The van der Waals surface area contributed by atoms with Gasteiger partial charge >= 0.3 is 0 Å². The lowest BCUT2D eigenvalue weighted by Crippen LogP contribution is -2.64. The molecule has 124 valence electrons. The first-order valence-electron chi connectivity index (χ1n) is 7.85. The standard InChI is InChI=1S/C16H19N7O/c17-5-10-6-19-13(1-12(10)18)22-14-2-15(21-9-20-14)23-7-16(8-23)3-11(24)4-16/h1-2,5-6,9,11,17,24H,3-4,7-8H2,(H3,18,19,20,21,22). The normalized spacial score (nSPS) is 18.8. The molecule has 5 N–H and O–H groups in total. The number of hydrogen-bond acceptors (Lipinski definition) is 8. The summed E-state index contributed by atoms with van der Waals surface area (Å²) in [5.41, 5.74) is 7.22. The van der Waals surface area contributed by atoms with Gasteiger partial charge in [0.25, 0.3) is 0 Å². The van der Waals surface area contributed by atoms with Crippen LogP contribution in [0.1, 0.15) is 18.4 Å². The molecule has 0 radical (unpaired) electrons. The Morgan fingerprint density at radius 3 is 2.67 bits per heavy atom. The van der Waals surface area contributed by atoms with E-state index in [9.17, 15) is 5.11 Å². The Kier molecular flexibility index (Phi) is 3.34. The summed E-state index contributed by atoms with van der Waals surface area (Å²) in [6.45, 7) is 1.86. The average Bonchev–Trinajstić information content (AvgIpc) is 2.50. The number of anilines is 4. The van der Waals surface area contributed by atoms with E-state index in [0.29, 0.717) is 22.9 Å². The summed E-state index contributed by atoms with van der Waals surface area (Å²) in [7, 11) is 0. The molecule has 1 saturated heterocycles. The van der Waals surface area contributed by atoms with Gasteiger partial charge in [0.15, 0.2) is 0 Å². The molecule has 2 aromatic rings. The molecule has 1 aliphatic carbocycles. The molecule has 0 atom stereocenters. The molecule has 2 fully saturated rings. The smallest absolute Gasteiger partial charge is 0.137 e. The van der Waals surface area contributed by atoms with Gasteiger partial charge in [-0.2, -0.15) is 0 Å². The van der Waals surface area contributed by atoms with Crippen LogP contribution in [0.2, 0.25) is 0 Å². The minimum atomic E-state index is -0.129. The van der Waals surface area contributed by atoms with Gasteiger partial charge in [-0.15, -0.1) is 0 Å². The second-order valence-corrected chi connectivity index (χ2v) is 6.65. The second kappa shape index (κ2) is 5.41. The summed E-state index contributed by atoms with van der Waals surface area (Å²) in [6.07, 6.45) is 5.90. The molecule has 2 aromatic heterocycles. The van der Waals surface area contributed by atoms with Gasteiger partial charge < -0.3 is 26.5 Å². The van der Waals surface area contributed by atoms with Crippen molar-refractivity contribution in [3.05, 3.63) is 30.2 Å². The third-order valence-electron chi connectivity index (χ3n) is 4.75. The van der Waals surface area contributed by atoms with Crippen LogP contribution in [0, 0.1) is 10.8 Å². The number of nitrogens with one attached hydrogen (secondary N) is 2. The van der Waals surface area contributed by atoms with Crippen molar-refractivity contribution in [1.29, 1.82) is 5.41 Å². The second-order valence-electron chi connectivity index (χ2n) is 6.65. The fourth-order valence-electron chi connectivity index (χ4n) is 3.51. The number of aliphatic hydroxyl groups is 1. The quantitative estimate of drug-likeness (QED) is 0.622. The van der Waals surface area contributed by atoms with Crippen LogP contribution >= 0.6 is 0 Å². The van der Waals surface area contributed by atoms with Crippen molar-refractivity contribution in [2.45, 2.75) is 18.9 Å². The van der Waals surface area contributed by atoms with Crippen LogP contribution < -0.4 is 16.0 Å². The summed E-state index contributed by atoms with van der Waals surface area (Å²) >= 11 is 0. The van der Waals surface area contributed by atoms with Crippen molar-refractivity contribution in [2.75, 3.05) is 29.0 Å². The van der Waals surface area contributed by atoms with Crippen LogP contribution in [0.4, 0.5) is 23.1 Å². The molecule has 0 bridgehead atoms. The SMILES string of the molecule is N=Cc1cnc(Nc2cc(N3CC4(CC(O)C4)C3)ncn2)cc1N. The van der Waals surface area contributed by atoms with Crippen LogP contribution in [-0.2, 0) is 0 Å². The topological polar surface area (TPSA) is 124 Å². The van der Waals surface area contributed by atoms with Gasteiger partial charge in [-0.1, -0.05) is 0 Å². The van der Waals surface area contributed by atoms with Gasteiger partial charge in [-0.25, -0.2) is 15.0 Å². The number of aliphatic hydroxyl groups excluding tert-OH is 1. The molecule has 0 amide bonds. The molecule has 0 unspecified atom stereocenters. The van der Waals surface area contributed by atoms with Crippen molar-refractivity contribution in [2.24, 2.45) is 5.41 Å². The maximum Gasteiger partial charge on any atom is 0.137 e. The van der Waals surface area contributed by atoms with Crippen LogP contribution in [0.25, 0.3) is 0 Å². The molecule has 4 rings (SSSR count). The molecule has 24 heavy (non-hydrogen) atoms. The molecule has 1 saturated carbocycles. The van der Waals surface area contributed by atoms with Gasteiger partial charge in [-0.3, -0.25) is 0 Å². The highest BCUT2D eigenvalue weighted by atomic mass is 16.3. The van der Waals surface area contributed by atoms with E-state index in [2.05, 4.69) is 25.2 Å². The molecule has 2 aliphatic rings. The summed E-state index contributed by atoms with van der Waals surface area (Å²) in [5.74, 6) is 2.08. The number of nitrogens with two attached hydrogens (primary N) is 1. The maximum absolute atomic E-state index is 9.49. The molecule has 3 heterocycles. The summed E-state index contributed by atoms with van der Waals surface area (Å²) in [4.78, 5) is 15.0. The third kappa shape index (κ3) is 2.54. The zero-order chi connectivity index (χ0) is 16.7. The number of pyridine rings is 1. The zero-order valence-electron chi connectivity index (χ0n) is 13.1. The first-order valence-corrected chi connectivity index (χ1v) is 7.85. The summed E-state index contributed by atoms with van der Waals surface area (Å²) < 4.78 is 0. The van der Waals surface area contributed by atoms with E-state index in [0.717, 1.165) is 31.7 Å². The Labute approximate surface area is 139 Å². The molecule has 1 spiro atoms. The van der Waals surface area contributed by atoms with E-state index in [1.165, 1.54) is 12.5 Å². The van der Waals surface area contributed by atoms with Crippen LogP contribution in [0.5, 0.6) is 0 Å². The van der Waals surface area contributed by atoms with Crippen molar-refractivity contribution in [3.63, 3.8) is 0 Å². The van der Waals surface area contributed by atoms with Crippen LogP contribution in [0.3, 0.4) is 0 Å². The highest BCUT2D eigenvalue weighted by molar-refractivity contribution is 5.85. The lowest BCUT2D eigenvalue weighted by atomic mass is 9.62. The van der Waals surface area contributed by atoms with E-state index in [1.54, 1.807) is 12.3 Å². The summed E-state index contributed by atoms with van der Waals surface area (Å²) in [6, 6.07) is 3.56. The molecule has 0 aromatic carbocycles. The van der Waals surface area contributed by atoms with E-state index >= 15 is 0 Å². The predicted octanol–water partition coefficient (Wildman–Crippen LogP) is 1.16. The van der Waals surface area contributed by atoms with Gasteiger partial charge in [0.05, 0.1) is 6.10 Å². The Balaban J connectivity index is 1.45. The van der Waals surface area contributed by atoms with Crippen molar-refractivity contribution < 1.29 is 5.11 Å². The molecule has 8 nitrogen and oxygen atoms in total. The number of hydrogen-bond donors (Lipinski definition) is 4. The van der Waals surface area contributed by atoms with Crippen LogP contribution in [-0.4, -0.2) is 45.5 Å². The van der Waals surface area contributed by atoms with Crippen molar-refractivity contribution >= 4 is 29.4 Å². The Hall–Kier alpha value is -2.74.